The van der Waals surface area contributed by atoms with Crippen LogP contribution in [0, 0.1) is 6.92 Å². The molecule has 1 atom stereocenters. The van der Waals surface area contributed by atoms with E-state index in [2.05, 4.69) is 15.9 Å². The lowest BCUT2D eigenvalue weighted by atomic mass is 9.92. The predicted octanol–water partition coefficient (Wildman–Crippen LogP) is 6.54. The number of hydrogen-bond donors (Lipinski definition) is 1. The average Bonchev–Trinajstić information content (AvgIpc) is 2.72. The number of hydrogen-bond acceptors (Lipinski definition) is 3. The summed E-state index contributed by atoms with van der Waals surface area (Å²) in [7, 11) is 0. The molecule has 192 valence electrons. The number of halogens is 8. The summed E-state index contributed by atoms with van der Waals surface area (Å²) in [5.41, 5.74) is -2.41. The minimum absolute atomic E-state index is 0.0533. The van der Waals surface area contributed by atoms with Gasteiger partial charge in [-0.05, 0) is 59.8 Å². The molecule has 2 N–H and O–H groups in total. The molecule has 0 unspecified atom stereocenters. The van der Waals surface area contributed by atoms with Crippen LogP contribution in [0.15, 0.2) is 40.9 Å². The number of anilines is 1. The Balaban J connectivity index is 2.73. The van der Waals surface area contributed by atoms with Gasteiger partial charge in [0.25, 0.3) is 11.8 Å². The summed E-state index contributed by atoms with van der Waals surface area (Å²) < 4.78 is 94.0. The van der Waals surface area contributed by atoms with Gasteiger partial charge in [0.15, 0.2) is 0 Å². The van der Waals surface area contributed by atoms with Crippen molar-refractivity contribution < 1.29 is 40.3 Å². The fourth-order valence-electron chi connectivity index (χ4n) is 3.57. The van der Waals surface area contributed by atoms with Crippen LogP contribution in [0.1, 0.15) is 38.8 Å². The maximum absolute atomic E-state index is 14.5. The Morgan fingerprint density at radius 3 is 2.09 bits per heavy atom. The van der Waals surface area contributed by atoms with Gasteiger partial charge in [0.05, 0.1) is 11.1 Å². The number of nitrogens with zero attached hydrogens (tertiary/aromatic N) is 1. The van der Waals surface area contributed by atoms with Crippen molar-refractivity contribution in [3.05, 3.63) is 63.1 Å². The zero-order valence-electron chi connectivity index (χ0n) is 18.5. The van der Waals surface area contributed by atoms with Crippen LogP contribution in [0.5, 0.6) is 0 Å². The van der Waals surface area contributed by atoms with E-state index in [9.17, 15) is 40.3 Å². The third-order valence-corrected chi connectivity index (χ3v) is 6.67. The summed E-state index contributed by atoms with van der Waals surface area (Å²) in [4.78, 5) is 26.6. The highest BCUT2D eigenvalue weighted by atomic mass is 79.9. The Bertz CT molecular complexity index is 1110. The molecule has 0 fully saturated rings. The van der Waals surface area contributed by atoms with Crippen LogP contribution in [0.2, 0.25) is 0 Å². The van der Waals surface area contributed by atoms with Crippen LogP contribution < -0.4 is 10.6 Å². The van der Waals surface area contributed by atoms with Crippen molar-refractivity contribution in [2.45, 2.75) is 37.9 Å². The summed E-state index contributed by atoms with van der Waals surface area (Å²) >= 11 is 4.47. The van der Waals surface area contributed by atoms with E-state index in [0.29, 0.717) is 17.9 Å². The Labute approximate surface area is 209 Å². The summed E-state index contributed by atoms with van der Waals surface area (Å²) in [6.07, 6.45) is -10.8. The van der Waals surface area contributed by atoms with Crippen LogP contribution in [-0.2, 0) is 5.67 Å². The Morgan fingerprint density at radius 1 is 1.06 bits per heavy atom. The van der Waals surface area contributed by atoms with Crippen molar-refractivity contribution in [1.29, 1.82) is 0 Å². The number of thioether (sulfide) groups is 1. The highest BCUT2D eigenvalue weighted by Gasteiger charge is 2.73. The number of alkyl halides is 7. The third-order valence-electron chi connectivity index (χ3n) is 5.19. The first-order chi connectivity index (χ1) is 16.0. The molecule has 2 aromatic carbocycles. The first-order valence-corrected chi connectivity index (χ1v) is 12.0. The Hall–Kier alpha value is -2.28. The number of nitrogens with two attached hydrogens (primary N) is 1. The molecule has 0 aromatic heterocycles. The highest BCUT2D eigenvalue weighted by molar-refractivity contribution is 9.10. The summed E-state index contributed by atoms with van der Waals surface area (Å²) in [5, 5.41) is 0. The van der Waals surface area contributed by atoms with Gasteiger partial charge in [0.1, 0.15) is 0 Å². The average molecular weight is 589 g/mol. The molecule has 0 saturated heterocycles. The SMILES string of the molecule is CSC[C@H](C)N(C(=O)c1cccc(Br)c1C(N)=O)c1ccc(C(F)(C(F)(F)F)C(F)(F)F)cc1C. The second kappa shape index (κ2) is 10.4. The van der Waals surface area contributed by atoms with Gasteiger partial charge >= 0.3 is 18.0 Å². The van der Waals surface area contributed by atoms with Gasteiger partial charge in [-0.3, -0.25) is 9.59 Å². The molecule has 2 aromatic rings. The van der Waals surface area contributed by atoms with Gasteiger partial charge in [-0.2, -0.15) is 38.1 Å². The van der Waals surface area contributed by atoms with Crippen LogP contribution in [0.3, 0.4) is 0 Å². The van der Waals surface area contributed by atoms with E-state index in [4.69, 9.17) is 5.73 Å². The predicted molar refractivity (Wildman–Crippen MR) is 123 cm³/mol. The largest absolute Gasteiger partial charge is 0.435 e. The van der Waals surface area contributed by atoms with E-state index in [-0.39, 0.29) is 26.9 Å². The van der Waals surface area contributed by atoms with Gasteiger partial charge in [-0.15, -0.1) is 0 Å². The fourth-order valence-corrected chi connectivity index (χ4v) is 4.77. The van der Waals surface area contributed by atoms with E-state index >= 15 is 0 Å². The van der Waals surface area contributed by atoms with E-state index in [0.717, 1.165) is 17.9 Å². The number of aryl methyl sites for hydroxylation is 1. The highest BCUT2D eigenvalue weighted by Crippen LogP contribution is 2.53. The summed E-state index contributed by atoms with van der Waals surface area (Å²) in [6, 6.07) is 5.22. The molecular weight excluding hydrogens is 569 g/mol. The number of carbonyl (C=O) groups is 2. The second-order valence-electron chi connectivity index (χ2n) is 7.66. The summed E-state index contributed by atoms with van der Waals surface area (Å²) in [5.74, 6) is -1.37. The smallest absolute Gasteiger partial charge is 0.366 e. The lowest BCUT2D eigenvalue weighted by Gasteiger charge is -2.33. The zero-order chi connectivity index (χ0) is 26.9. The molecule has 35 heavy (non-hydrogen) atoms. The molecular formula is C22H20BrF7N2O2S. The maximum Gasteiger partial charge on any atom is 0.435 e. The van der Waals surface area contributed by atoms with Gasteiger partial charge in [-0.1, -0.05) is 18.2 Å². The van der Waals surface area contributed by atoms with E-state index in [1.807, 2.05) is 0 Å². The Morgan fingerprint density at radius 2 is 1.63 bits per heavy atom. The van der Waals surface area contributed by atoms with Gasteiger partial charge in [0.2, 0.25) is 0 Å². The van der Waals surface area contributed by atoms with Crippen LogP contribution in [-0.4, -0.2) is 42.2 Å². The Kier molecular flexibility index (Phi) is 8.58. The van der Waals surface area contributed by atoms with Gasteiger partial charge in [-0.25, -0.2) is 4.39 Å². The maximum atomic E-state index is 14.5. The second-order valence-corrected chi connectivity index (χ2v) is 9.43. The fraction of sp³-hybridized carbons (Fsp3) is 0.364. The standard InChI is InChI=1S/C22H20BrF7N2O2S/c1-11-9-13(20(24,21(25,26)27)22(28,29)30)7-8-16(11)32(12(2)10-35-3)19(34)14-5-4-6-15(23)17(14)18(31)33/h4-9,12H,10H2,1-3H3,(H2,31,33)/t12-/m0/s1. The van der Waals surface area contributed by atoms with Crippen molar-refractivity contribution in [3.63, 3.8) is 0 Å². The molecule has 4 nitrogen and oxygen atoms in total. The monoisotopic (exact) mass is 588 g/mol. The molecule has 0 aliphatic rings. The van der Waals surface area contributed by atoms with Gasteiger partial charge < -0.3 is 10.6 Å². The van der Waals surface area contributed by atoms with Crippen LogP contribution in [0.4, 0.5) is 36.4 Å². The first-order valence-electron chi connectivity index (χ1n) is 9.83. The minimum atomic E-state index is -6.27. The zero-order valence-corrected chi connectivity index (χ0v) is 20.9. The molecule has 0 saturated carbocycles. The molecule has 0 aliphatic carbocycles. The van der Waals surface area contributed by atoms with E-state index < -0.39 is 41.4 Å². The lowest BCUT2D eigenvalue weighted by molar-refractivity contribution is -0.348. The van der Waals surface area contributed by atoms with Crippen molar-refractivity contribution in [1.82, 2.24) is 0 Å². The number of amides is 2. The van der Waals surface area contributed by atoms with Gasteiger partial charge in [0, 0.05) is 27.5 Å². The number of benzene rings is 2. The quantitative estimate of drug-likeness (QED) is 0.373. The van der Waals surface area contributed by atoms with E-state index in [1.54, 1.807) is 13.2 Å². The van der Waals surface area contributed by atoms with Crippen molar-refractivity contribution in [2.24, 2.45) is 5.73 Å². The summed E-state index contributed by atoms with van der Waals surface area (Å²) in [6.45, 7) is 2.77. The molecule has 0 heterocycles. The van der Waals surface area contributed by atoms with E-state index in [1.165, 1.54) is 30.0 Å². The molecule has 0 spiro atoms. The molecule has 0 radical (unpaired) electrons. The number of rotatable bonds is 7. The number of carbonyl (C=O) groups excluding carboxylic acids is 2. The molecule has 2 rings (SSSR count). The molecule has 0 bridgehead atoms. The van der Waals surface area contributed by atoms with Crippen molar-refractivity contribution in [3.8, 4) is 0 Å². The minimum Gasteiger partial charge on any atom is -0.366 e. The molecule has 2 amide bonds. The van der Waals surface area contributed by atoms with Crippen LogP contribution in [0.25, 0.3) is 0 Å². The first kappa shape index (κ1) is 29.0. The van der Waals surface area contributed by atoms with Crippen LogP contribution >= 0.6 is 27.7 Å². The molecule has 0 aliphatic heterocycles. The van der Waals surface area contributed by atoms with Crippen molar-refractivity contribution >= 4 is 45.2 Å². The van der Waals surface area contributed by atoms with Crippen molar-refractivity contribution in [2.75, 3.05) is 16.9 Å². The third kappa shape index (κ3) is 5.45. The topological polar surface area (TPSA) is 63.4 Å². The molecule has 13 heteroatoms. The number of primary amides is 1. The normalized spacial score (nSPS) is 13.5. The lowest BCUT2D eigenvalue weighted by Crippen LogP contribution is -2.50.